The summed E-state index contributed by atoms with van der Waals surface area (Å²) in [5, 5.41) is 8.68. The zero-order chi connectivity index (χ0) is 14.8. The molecular weight excluding hydrogens is 286 g/mol. The highest BCUT2D eigenvalue weighted by atomic mass is 32.1. The summed E-state index contributed by atoms with van der Waals surface area (Å²) in [6.07, 6.45) is 2.04. The number of nitrogens with zero attached hydrogens (tertiary/aromatic N) is 2. The molecule has 0 spiro atoms. The number of carbonyl (C=O) groups excluding carboxylic acids is 1. The Morgan fingerprint density at radius 2 is 2.48 bits per heavy atom. The second-order valence-corrected chi connectivity index (χ2v) is 6.33. The summed E-state index contributed by atoms with van der Waals surface area (Å²) in [5.41, 5.74) is 2.15. The Morgan fingerprint density at radius 1 is 1.62 bits per heavy atom. The monoisotopic (exact) mass is 305 g/mol. The van der Waals surface area contributed by atoms with Crippen LogP contribution in [0, 0.1) is 6.92 Å². The smallest absolute Gasteiger partial charge is 0.240 e. The van der Waals surface area contributed by atoms with Gasteiger partial charge < -0.3 is 4.52 Å². The molecule has 112 valence electrons. The van der Waals surface area contributed by atoms with Crippen LogP contribution in [0.5, 0.6) is 0 Å². The van der Waals surface area contributed by atoms with Gasteiger partial charge in [0.2, 0.25) is 11.8 Å². The summed E-state index contributed by atoms with van der Waals surface area (Å²) in [4.78, 5) is 15.9. The first-order valence-electron chi connectivity index (χ1n) is 7.21. The van der Waals surface area contributed by atoms with Gasteiger partial charge in [0.15, 0.2) is 0 Å². The van der Waals surface area contributed by atoms with Gasteiger partial charge in [-0.15, -0.1) is 11.3 Å². The molecule has 0 aliphatic carbocycles. The van der Waals surface area contributed by atoms with Crippen molar-refractivity contribution in [3.8, 4) is 0 Å². The number of rotatable bonds is 4. The Hall–Kier alpha value is -1.66. The average molecular weight is 305 g/mol. The van der Waals surface area contributed by atoms with Gasteiger partial charge in [-0.3, -0.25) is 15.0 Å². The number of amides is 1. The van der Waals surface area contributed by atoms with E-state index in [2.05, 4.69) is 33.7 Å². The van der Waals surface area contributed by atoms with Gasteiger partial charge in [0.05, 0.1) is 12.2 Å². The molecule has 1 aliphatic rings. The standard InChI is InChI=1S/C15H19N3O2S/c1-3-12-11-5-7-21-13(11)4-6-18(12)9-14(19)16-15-8-10(2)17-20-15/h5,7-8,12H,3-4,6,9H2,1-2H3,(H,16,19)/t12-/m0/s1. The van der Waals surface area contributed by atoms with Gasteiger partial charge in [0.1, 0.15) is 0 Å². The van der Waals surface area contributed by atoms with Crippen LogP contribution in [-0.2, 0) is 11.2 Å². The molecule has 1 N–H and O–H groups in total. The van der Waals surface area contributed by atoms with Gasteiger partial charge >= 0.3 is 0 Å². The molecule has 0 saturated heterocycles. The number of carbonyl (C=O) groups is 1. The van der Waals surface area contributed by atoms with Crippen LogP contribution in [0.2, 0.25) is 0 Å². The highest BCUT2D eigenvalue weighted by molar-refractivity contribution is 7.10. The fraction of sp³-hybridized carbons (Fsp3) is 0.467. The topological polar surface area (TPSA) is 58.4 Å². The largest absolute Gasteiger partial charge is 0.338 e. The third-order valence-electron chi connectivity index (χ3n) is 3.83. The van der Waals surface area contributed by atoms with Crippen molar-refractivity contribution in [3.63, 3.8) is 0 Å². The van der Waals surface area contributed by atoms with Gasteiger partial charge in [-0.25, -0.2) is 0 Å². The third-order valence-corrected chi connectivity index (χ3v) is 4.83. The summed E-state index contributed by atoms with van der Waals surface area (Å²) in [6.45, 7) is 5.31. The molecule has 6 heteroatoms. The van der Waals surface area contributed by atoms with Crippen molar-refractivity contribution in [2.45, 2.75) is 32.7 Å². The molecule has 0 aromatic carbocycles. The molecule has 2 aromatic rings. The molecule has 0 bridgehead atoms. The van der Waals surface area contributed by atoms with Crippen LogP contribution < -0.4 is 5.32 Å². The third kappa shape index (κ3) is 3.01. The molecule has 3 heterocycles. The summed E-state index contributed by atoms with van der Waals surface area (Å²) >= 11 is 1.82. The van der Waals surface area contributed by atoms with Crippen molar-refractivity contribution in [2.24, 2.45) is 0 Å². The van der Waals surface area contributed by atoms with Crippen molar-refractivity contribution in [1.82, 2.24) is 10.1 Å². The Kier molecular flexibility index (Phi) is 4.07. The van der Waals surface area contributed by atoms with E-state index < -0.39 is 0 Å². The second-order valence-electron chi connectivity index (χ2n) is 5.32. The molecule has 3 rings (SSSR count). The van der Waals surface area contributed by atoms with Crippen molar-refractivity contribution < 1.29 is 9.32 Å². The first-order chi connectivity index (χ1) is 10.2. The zero-order valence-corrected chi connectivity index (χ0v) is 13.1. The maximum atomic E-state index is 12.2. The molecule has 0 fully saturated rings. The van der Waals surface area contributed by atoms with E-state index in [-0.39, 0.29) is 5.91 Å². The van der Waals surface area contributed by atoms with E-state index in [4.69, 9.17) is 4.52 Å². The molecule has 1 aliphatic heterocycles. The SMILES string of the molecule is CC[C@H]1c2ccsc2CCN1CC(=O)Nc1cc(C)no1. The highest BCUT2D eigenvalue weighted by Gasteiger charge is 2.28. The number of thiophene rings is 1. The Labute approximate surface area is 127 Å². The second kappa shape index (κ2) is 5.99. The van der Waals surface area contributed by atoms with Gasteiger partial charge in [-0.1, -0.05) is 12.1 Å². The van der Waals surface area contributed by atoms with E-state index in [0.29, 0.717) is 18.5 Å². The molecule has 1 amide bonds. The van der Waals surface area contributed by atoms with Crippen molar-refractivity contribution >= 4 is 23.1 Å². The maximum absolute atomic E-state index is 12.2. The van der Waals surface area contributed by atoms with Gasteiger partial charge in [0.25, 0.3) is 0 Å². The highest BCUT2D eigenvalue weighted by Crippen LogP contribution is 2.34. The molecule has 0 saturated carbocycles. The van der Waals surface area contributed by atoms with Crippen LogP contribution in [0.1, 0.15) is 35.5 Å². The van der Waals surface area contributed by atoms with Crippen LogP contribution in [0.15, 0.2) is 22.0 Å². The number of aryl methyl sites for hydroxylation is 1. The predicted molar refractivity (Wildman–Crippen MR) is 82.5 cm³/mol. The number of hydrogen-bond donors (Lipinski definition) is 1. The van der Waals surface area contributed by atoms with E-state index in [0.717, 1.165) is 25.1 Å². The van der Waals surface area contributed by atoms with E-state index in [1.54, 1.807) is 6.07 Å². The lowest BCUT2D eigenvalue weighted by molar-refractivity contribution is -0.118. The quantitative estimate of drug-likeness (QED) is 0.943. The predicted octanol–water partition coefficient (Wildman–Crippen LogP) is 2.99. The fourth-order valence-electron chi connectivity index (χ4n) is 2.90. The summed E-state index contributed by atoms with van der Waals surface area (Å²) in [6, 6.07) is 4.25. The first-order valence-corrected chi connectivity index (χ1v) is 8.09. The van der Waals surface area contributed by atoms with Gasteiger partial charge in [-0.05, 0) is 36.8 Å². The van der Waals surface area contributed by atoms with Crippen LogP contribution >= 0.6 is 11.3 Å². The summed E-state index contributed by atoms with van der Waals surface area (Å²) in [5.74, 6) is 0.363. The minimum absolute atomic E-state index is 0.0525. The summed E-state index contributed by atoms with van der Waals surface area (Å²) in [7, 11) is 0. The van der Waals surface area contributed by atoms with E-state index in [9.17, 15) is 4.79 Å². The zero-order valence-electron chi connectivity index (χ0n) is 12.3. The first kappa shape index (κ1) is 14.3. The van der Waals surface area contributed by atoms with Crippen LogP contribution in [0.3, 0.4) is 0 Å². The Bertz CT molecular complexity index is 634. The number of anilines is 1. The molecule has 0 unspecified atom stereocenters. The normalized spacial score (nSPS) is 18.5. The number of fused-ring (bicyclic) bond motifs is 1. The van der Waals surface area contributed by atoms with Gasteiger partial charge in [0, 0.05) is 23.5 Å². The lowest BCUT2D eigenvalue weighted by Gasteiger charge is -2.34. The molecule has 21 heavy (non-hydrogen) atoms. The molecular formula is C15H19N3O2S. The minimum Gasteiger partial charge on any atom is -0.338 e. The summed E-state index contributed by atoms with van der Waals surface area (Å²) < 4.78 is 5.02. The Balaban J connectivity index is 1.66. The van der Waals surface area contributed by atoms with Crippen LogP contribution in [0.4, 0.5) is 5.88 Å². The Morgan fingerprint density at radius 3 is 3.19 bits per heavy atom. The van der Waals surface area contributed by atoms with Crippen LogP contribution in [0.25, 0.3) is 0 Å². The number of nitrogens with one attached hydrogen (secondary N) is 1. The number of hydrogen-bond acceptors (Lipinski definition) is 5. The lowest BCUT2D eigenvalue weighted by Crippen LogP contribution is -2.39. The van der Waals surface area contributed by atoms with E-state index in [1.165, 1.54) is 10.4 Å². The van der Waals surface area contributed by atoms with Crippen molar-refractivity contribution in [1.29, 1.82) is 0 Å². The molecule has 5 nitrogen and oxygen atoms in total. The lowest BCUT2D eigenvalue weighted by atomic mass is 9.98. The van der Waals surface area contributed by atoms with E-state index >= 15 is 0 Å². The molecule has 0 radical (unpaired) electrons. The van der Waals surface area contributed by atoms with E-state index in [1.807, 2.05) is 18.3 Å². The van der Waals surface area contributed by atoms with Crippen molar-refractivity contribution in [3.05, 3.63) is 33.6 Å². The molecule has 2 aromatic heterocycles. The van der Waals surface area contributed by atoms with Crippen molar-refractivity contribution in [2.75, 3.05) is 18.4 Å². The fourth-order valence-corrected chi connectivity index (χ4v) is 3.83. The van der Waals surface area contributed by atoms with Crippen LogP contribution in [-0.4, -0.2) is 29.1 Å². The molecule has 1 atom stereocenters. The average Bonchev–Trinajstić information content (AvgIpc) is 3.07. The van der Waals surface area contributed by atoms with Gasteiger partial charge in [-0.2, -0.15) is 0 Å². The maximum Gasteiger partial charge on any atom is 0.240 e. The minimum atomic E-state index is -0.0525. The number of aromatic nitrogens is 1.